The van der Waals surface area contributed by atoms with Crippen LogP contribution in [0.1, 0.15) is 78.6 Å². The fraction of sp³-hybridized carbons (Fsp3) is 0.971. The van der Waals surface area contributed by atoms with Gasteiger partial charge in [0.2, 0.25) is 0 Å². The van der Waals surface area contributed by atoms with Crippen LogP contribution in [0, 0.1) is 46.3 Å². The van der Waals surface area contributed by atoms with E-state index in [9.17, 15) is 4.79 Å². The second-order valence-electron chi connectivity index (χ2n) is 18.2. The zero-order valence-corrected chi connectivity index (χ0v) is 32.6. The molecule has 4 aliphatic rings. The molecule has 244 valence electrons. The lowest BCUT2D eigenvalue weighted by Gasteiger charge is -2.66. The molecule has 0 amide bonds. The first-order valence-electron chi connectivity index (χ1n) is 17.3. The third-order valence-electron chi connectivity index (χ3n) is 12.0. The third-order valence-corrected chi connectivity index (χ3v) is 15.0. The molecule has 4 rings (SSSR count). The van der Waals surface area contributed by atoms with E-state index in [0.717, 1.165) is 6.42 Å². The van der Waals surface area contributed by atoms with Crippen molar-refractivity contribution in [3.8, 4) is 0 Å². The standard InChI is InChI=1S/C34H66O5Si3/c1-23(14-17-31(35)36-4)26-15-16-27-32-28(22-30(34(26,27)3)39-42(11,12)13)33(2)19-18-25(37-40(5,6)7)20-24(33)21-29(32)38-41(8,9)10/h23-30,32H,14-22H2,1-13H3/t23?,24-,25+,26?,27?,28?,29?,30+,32?,33?,34?/m0/s1. The molecule has 0 aromatic rings. The SMILES string of the molecule is COC(=O)CCC(C)C1CCC2C3C(O[Si](C)(C)C)C[C@@H]4C[C@H](O[Si](C)(C)C)CCC4(C)C3C[C@@H](O[Si](C)(C)C)C12C. The molecule has 4 aliphatic carbocycles. The minimum atomic E-state index is -1.79. The van der Waals surface area contributed by atoms with Crippen molar-refractivity contribution in [3.63, 3.8) is 0 Å². The van der Waals surface area contributed by atoms with E-state index in [4.69, 9.17) is 18.0 Å². The summed E-state index contributed by atoms with van der Waals surface area (Å²) in [6.45, 7) is 29.0. The Bertz CT molecular complexity index is 954. The van der Waals surface area contributed by atoms with Gasteiger partial charge in [0.1, 0.15) is 0 Å². The molecule has 8 heteroatoms. The van der Waals surface area contributed by atoms with Crippen LogP contribution in [0.25, 0.3) is 0 Å². The van der Waals surface area contributed by atoms with Crippen molar-refractivity contribution in [3.05, 3.63) is 0 Å². The average Bonchev–Trinajstić information content (AvgIpc) is 3.19. The molecule has 42 heavy (non-hydrogen) atoms. The Kier molecular flexibility index (Phi) is 10.2. The lowest BCUT2D eigenvalue weighted by molar-refractivity contribution is -0.199. The minimum Gasteiger partial charge on any atom is -0.469 e. The second-order valence-corrected chi connectivity index (χ2v) is 31.6. The van der Waals surface area contributed by atoms with Gasteiger partial charge in [0.15, 0.2) is 25.0 Å². The van der Waals surface area contributed by atoms with Gasteiger partial charge < -0.3 is 18.0 Å². The Hall–Kier alpha value is 0.000649. The van der Waals surface area contributed by atoms with Gasteiger partial charge in [-0.15, -0.1) is 0 Å². The number of carbonyl (C=O) groups is 1. The van der Waals surface area contributed by atoms with E-state index in [1.54, 1.807) is 0 Å². The highest BCUT2D eigenvalue weighted by molar-refractivity contribution is 6.70. The van der Waals surface area contributed by atoms with Gasteiger partial charge >= 0.3 is 5.97 Å². The summed E-state index contributed by atoms with van der Waals surface area (Å²) in [7, 11) is -3.61. The van der Waals surface area contributed by atoms with Crippen molar-refractivity contribution >= 4 is 30.9 Å². The van der Waals surface area contributed by atoms with Gasteiger partial charge in [-0.3, -0.25) is 4.79 Å². The van der Waals surface area contributed by atoms with Crippen molar-refractivity contribution in [1.29, 1.82) is 0 Å². The van der Waals surface area contributed by atoms with Crippen LogP contribution < -0.4 is 0 Å². The highest BCUT2D eigenvalue weighted by Crippen LogP contribution is 2.69. The van der Waals surface area contributed by atoms with Crippen LogP contribution in [0.2, 0.25) is 58.9 Å². The van der Waals surface area contributed by atoms with E-state index in [1.165, 1.54) is 52.1 Å². The van der Waals surface area contributed by atoms with Gasteiger partial charge in [0.25, 0.3) is 0 Å². The van der Waals surface area contributed by atoms with Crippen LogP contribution in [0.15, 0.2) is 0 Å². The molecule has 0 saturated heterocycles. The van der Waals surface area contributed by atoms with E-state index in [-0.39, 0.29) is 17.5 Å². The van der Waals surface area contributed by atoms with E-state index >= 15 is 0 Å². The molecule has 0 aromatic carbocycles. The van der Waals surface area contributed by atoms with Gasteiger partial charge in [0.05, 0.1) is 13.2 Å². The summed E-state index contributed by atoms with van der Waals surface area (Å²) in [4.78, 5) is 12.1. The number of rotatable bonds is 10. The quantitative estimate of drug-likeness (QED) is 0.176. The molecule has 0 heterocycles. The van der Waals surface area contributed by atoms with Crippen LogP contribution in [-0.2, 0) is 22.8 Å². The van der Waals surface area contributed by atoms with Crippen molar-refractivity contribution in [2.75, 3.05) is 7.11 Å². The van der Waals surface area contributed by atoms with Crippen LogP contribution in [0.5, 0.6) is 0 Å². The lowest BCUT2D eigenvalue weighted by Crippen LogP contribution is -2.64. The number of hydrogen-bond donors (Lipinski definition) is 0. The zero-order valence-electron chi connectivity index (χ0n) is 29.6. The fourth-order valence-electron chi connectivity index (χ4n) is 10.5. The summed E-state index contributed by atoms with van der Waals surface area (Å²) in [5, 5.41) is 0. The number of methoxy groups -OCH3 is 1. The maximum absolute atomic E-state index is 12.1. The van der Waals surface area contributed by atoms with Crippen LogP contribution in [0.3, 0.4) is 0 Å². The molecular formula is C34H66O5Si3. The number of fused-ring (bicyclic) bond motifs is 5. The molecule has 0 spiro atoms. The normalized spacial score (nSPS) is 41.5. The molecule has 0 aromatic heterocycles. The average molecular weight is 639 g/mol. The van der Waals surface area contributed by atoms with Crippen molar-refractivity contribution in [2.45, 2.75) is 156 Å². The monoisotopic (exact) mass is 638 g/mol. The Morgan fingerprint density at radius 3 is 2.00 bits per heavy atom. The maximum atomic E-state index is 12.1. The predicted molar refractivity (Wildman–Crippen MR) is 181 cm³/mol. The van der Waals surface area contributed by atoms with Crippen LogP contribution in [0.4, 0.5) is 0 Å². The first-order valence-corrected chi connectivity index (χ1v) is 27.5. The maximum Gasteiger partial charge on any atom is 0.305 e. The molecule has 5 nitrogen and oxygen atoms in total. The van der Waals surface area contributed by atoms with Crippen molar-refractivity contribution in [2.24, 2.45) is 46.3 Å². The van der Waals surface area contributed by atoms with Crippen LogP contribution >= 0.6 is 0 Å². The lowest BCUT2D eigenvalue weighted by atomic mass is 9.43. The van der Waals surface area contributed by atoms with E-state index in [0.29, 0.717) is 59.6 Å². The Labute approximate surface area is 262 Å². The largest absolute Gasteiger partial charge is 0.469 e. The van der Waals surface area contributed by atoms with Crippen LogP contribution in [-0.4, -0.2) is 56.3 Å². The van der Waals surface area contributed by atoms with Crippen molar-refractivity contribution in [1.82, 2.24) is 0 Å². The highest BCUT2D eigenvalue weighted by Gasteiger charge is 2.67. The Morgan fingerprint density at radius 1 is 0.810 bits per heavy atom. The van der Waals surface area contributed by atoms with Crippen molar-refractivity contribution < 1.29 is 22.8 Å². The molecule has 0 aliphatic heterocycles. The summed E-state index contributed by atoms with van der Waals surface area (Å²) < 4.78 is 26.4. The second kappa shape index (κ2) is 12.3. The topological polar surface area (TPSA) is 54.0 Å². The molecule has 8 unspecified atom stereocenters. The molecule has 11 atom stereocenters. The van der Waals surface area contributed by atoms with Gasteiger partial charge in [0, 0.05) is 18.6 Å². The van der Waals surface area contributed by atoms with Gasteiger partial charge in [-0.05, 0) is 157 Å². The van der Waals surface area contributed by atoms with E-state index in [2.05, 4.69) is 79.7 Å². The Morgan fingerprint density at radius 2 is 1.43 bits per heavy atom. The first kappa shape index (κ1) is 34.9. The highest BCUT2D eigenvalue weighted by atomic mass is 28.4. The molecule has 4 saturated carbocycles. The summed E-state index contributed by atoms with van der Waals surface area (Å²) in [6.07, 6.45) is 11.0. The molecule has 0 N–H and O–H groups in total. The van der Waals surface area contributed by atoms with Gasteiger partial charge in [-0.25, -0.2) is 0 Å². The first-order chi connectivity index (χ1) is 19.2. The zero-order chi connectivity index (χ0) is 31.5. The molecule has 0 radical (unpaired) electrons. The fourth-order valence-corrected chi connectivity index (χ4v) is 14.1. The van der Waals surface area contributed by atoms with E-state index in [1.807, 2.05) is 0 Å². The minimum absolute atomic E-state index is 0.0799. The van der Waals surface area contributed by atoms with Gasteiger partial charge in [-0.2, -0.15) is 0 Å². The van der Waals surface area contributed by atoms with Gasteiger partial charge in [-0.1, -0.05) is 20.8 Å². The number of ether oxygens (including phenoxy) is 1. The Balaban J connectivity index is 1.72. The predicted octanol–water partition coefficient (Wildman–Crippen LogP) is 9.11. The summed E-state index contributed by atoms with van der Waals surface area (Å²) in [5.41, 5.74) is 0.430. The smallest absolute Gasteiger partial charge is 0.305 e. The number of hydrogen-bond acceptors (Lipinski definition) is 5. The number of esters is 1. The summed E-state index contributed by atoms with van der Waals surface area (Å²) in [6, 6.07) is 0. The van der Waals surface area contributed by atoms with E-state index < -0.39 is 25.0 Å². The molecule has 0 bridgehead atoms. The number of carbonyl (C=O) groups excluding carboxylic acids is 1. The summed E-state index contributed by atoms with van der Waals surface area (Å²) >= 11 is 0. The molecule has 4 fully saturated rings. The summed E-state index contributed by atoms with van der Waals surface area (Å²) in [5.74, 6) is 3.45. The molecular weight excluding hydrogens is 573 g/mol. The third kappa shape index (κ3) is 7.35.